The number of ketones is 1. The predicted molar refractivity (Wildman–Crippen MR) is 173 cm³/mol. The van der Waals surface area contributed by atoms with Crippen molar-refractivity contribution >= 4 is 23.5 Å². The SMILES string of the molecule is CCCN(CCC)C(=O)c1cc(C)cc(C(=O)N[C@@H](Cc2cc(F)cc(F)c2)[C@@H](O)CCNC(=O)CCC(=O)c2ccccc2)c1. The zero-order chi connectivity index (χ0) is 33.6. The Labute approximate surface area is 269 Å². The van der Waals surface area contributed by atoms with E-state index in [0.717, 1.165) is 31.0 Å². The van der Waals surface area contributed by atoms with E-state index >= 15 is 0 Å². The fourth-order valence-corrected chi connectivity index (χ4v) is 5.24. The minimum atomic E-state index is -1.21. The number of hydrogen-bond donors (Lipinski definition) is 3. The second-order valence-electron chi connectivity index (χ2n) is 11.4. The lowest BCUT2D eigenvalue weighted by Gasteiger charge is -2.25. The summed E-state index contributed by atoms with van der Waals surface area (Å²) in [5.41, 5.74) is 2.00. The minimum absolute atomic E-state index is 0.0155. The topological polar surface area (TPSA) is 116 Å². The molecule has 0 spiro atoms. The second kappa shape index (κ2) is 17.9. The Bertz CT molecular complexity index is 1470. The highest BCUT2D eigenvalue weighted by molar-refractivity contribution is 6.00. The first-order chi connectivity index (χ1) is 22.0. The number of hydrogen-bond acceptors (Lipinski definition) is 5. The molecule has 0 bridgehead atoms. The number of carbonyl (C=O) groups is 4. The van der Waals surface area contributed by atoms with E-state index < -0.39 is 29.7 Å². The first-order valence-corrected chi connectivity index (χ1v) is 15.7. The third-order valence-corrected chi connectivity index (χ3v) is 7.46. The number of rotatable bonds is 17. The maximum atomic E-state index is 14.0. The van der Waals surface area contributed by atoms with E-state index in [9.17, 15) is 33.1 Å². The highest BCUT2D eigenvalue weighted by Crippen LogP contribution is 2.17. The van der Waals surface area contributed by atoms with E-state index in [-0.39, 0.29) is 61.0 Å². The summed E-state index contributed by atoms with van der Waals surface area (Å²) in [6.07, 6.45) is 0.278. The van der Waals surface area contributed by atoms with Gasteiger partial charge in [0.25, 0.3) is 11.8 Å². The standard InChI is InChI=1S/C36H43F2N3O5/c1-4-15-41(16-5-2)36(46)28-18-24(3)17-27(22-28)35(45)40-31(21-25-19-29(37)23-30(38)20-25)33(43)13-14-39-34(44)12-11-32(42)26-9-7-6-8-10-26/h6-10,17-20,22-23,31,33,43H,4-5,11-16,21H2,1-3H3,(H,39,44)(H,40,45)/t31-,33-/m0/s1. The Kier molecular flexibility index (Phi) is 14.0. The van der Waals surface area contributed by atoms with Crippen LogP contribution in [-0.4, -0.2) is 65.3 Å². The molecule has 0 aliphatic rings. The molecule has 0 aliphatic carbocycles. The number of nitrogens with one attached hydrogen (secondary N) is 2. The molecule has 0 unspecified atom stereocenters. The summed E-state index contributed by atoms with van der Waals surface area (Å²) in [6, 6.07) is 15.5. The number of Topliss-reactive ketones (excluding diaryl/α,β-unsaturated/α-hetero) is 1. The molecule has 0 aliphatic heterocycles. The van der Waals surface area contributed by atoms with Crippen LogP contribution in [0.3, 0.4) is 0 Å². The van der Waals surface area contributed by atoms with E-state index in [1.807, 2.05) is 13.8 Å². The molecule has 246 valence electrons. The summed E-state index contributed by atoms with van der Waals surface area (Å²) in [4.78, 5) is 53.1. The summed E-state index contributed by atoms with van der Waals surface area (Å²) in [7, 11) is 0. The number of aryl methyl sites for hydroxylation is 1. The van der Waals surface area contributed by atoms with Crippen LogP contribution in [0.4, 0.5) is 8.78 Å². The van der Waals surface area contributed by atoms with Gasteiger partial charge in [-0.15, -0.1) is 0 Å². The Morgan fingerprint density at radius 1 is 0.826 bits per heavy atom. The quantitative estimate of drug-likeness (QED) is 0.172. The number of aliphatic hydroxyl groups excluding tert-OH is 1. The second-order valence-corrected chi connectivity index (χ2v) is 11.4. The van der Waals surface area contributed by atoms with Gasteiger partial charge in [-0.2, -0.15) is 0 Å². The summed E-state index contributed by atoms with van der Waals surface area (Å²) in [6.45, 7) is 6.95. The first kappa shape index (κ1) is 36.0. The van der Waals surface area contributed by atoms with Crippen LogP contribution in [0, 0.1) is 18.6 Å². The highest BCUT2D eigenvalue weighted by atomic mass is 19.1. The zero-order valence-electron chi connectivity index (χ0n) is 26.7. The lowest BCUT2D eigenvalue weighted by molar-refractivity contribution is -0.121. The molecule has 2 atom stereocenters. The minimum Gasteiger partial charge on any atom is -0.391 e. The van der Waals surface area contributed by atoms with Crippen LogP contribution in [0.2, 0.25) is 0 Å². The van der Waals surface area contributed by atoms with Gasteiger partial charge >= 0.3 is 0 Å². The molecule has 0 saturated carbocycles. The normalized spacial score (nSPS) is 12.2. The number of benzene rings is 3. The van der Waals surface area contributed by atoms with Crippen LogP contribution in [0.15, 0.2) is 66.7 Å². The van der Waals surface area contributed by atoms with Crippen LogP contribution in [0.5, 0.6) is 0 Å². The summed E-state index contributed by atoms with van der Waals surface area (Å²) in [5, 5.41) is 16.6. The zero-order valence-corrected chi connectivity index (χ0v) is 26.7. The van der Waals surface area contributed by atoms with E-state index in [4.69, 9.17) is 0 Å². The third-order valence-electron chi connectivity index (χ3n) is 7.46. The predicted octanol–water partition coefficient (Wildman–Crippen LogP) is 5.41. The number of halogens is 2. The number of amides is 3. The van der Waals surface area contributed by atoms with Crippen molar-refractivity contribution in [3.63, 3.8) is 0 Å². The van der Waals surface area contributed by atoms with Crippen molar-refractivity contribution in [2.45, 2.75) is 71.4 Å². The molecule has 0 saturated heterocycles. The Morgan fingerprint density at radius 3 is 2.09 bits per heavy atom. The van der Waals surface area contributed by atoms with Crippen LogP contribution < -0.4 is 10.6 Å². The molecular weight excluding hydrogens is 592 g/mol. The molecule has 0 aromatic heterocycles. The maximum absolute atomic E-state index is 14.0. The van der Waals surface area contributed by atoms with Gasteiger partial charge in [-0.05, 0) is 74.1 Å². The van der Waals surface area contributed by atoms with Gasteiger partial charge in [0, 0.05) is 55.2 Å². The first-order valence-electron chi connectivity index (χ1n) is 15.7. The van der Waals surface area contributed by atoms with E-state index in [0.29, 0.717) is 29.8 Å². The van der Waals surface area contributed by atoms with Crippen molar-refractivity contribution in [3.05, 3.63) is 106 Å². The van der Waals surface area contributed by atoms with Crippen molar-refractivity contribution in [3.8, 4) is 0 Å². The Hall–Kier alpha value is -4.44. The van der Waals surface area contributed by atoms with Crippen molar-refractivity contribution < 1.29 is 33.1 Å². The van der Waals surface area contributed by atoms with Gasteiger partial charge < -0.3 is 20.6 Å². The molecule has 0 heterocycles. The van der Waals surface area contributed by atoms with Crippen molar-refractivity contribution in [1.29, 1.82) is 0 Å². The van der Waals surface area contributed by atoms with Crippen LogP contribution in [0.25, 0.3) is 0 Å². The van der Waals surface area contributed by atoms with Crippen LogP contribution in [-0.2, 0) is 11.2 Å². The summed E-state index contributed by atoms with van der Waals surface area (Å²) < 4.78 is 28.0. The number of nitrogens with zero attached hydrogens (tertiary/aromatic N) is 1. The third kappa shape index (κ3) is 11.2. The molecule has 3 N–H and O–H groups in total. The monoisotopic (exact) mass is 635 g/mol. The van der Waals surface area contributed by atoms with Crippen molar-refractivity contribution in [2.24, 2.45) is 0 Å². The molecule has 8 nitrogen and oxygen atoms in total. The van der Waals surface area contributed by atoms with Gasteiger partial charge in [-0.1, -0.05) is 44.2 Å². The van der Waals surface area contributed by atoms with Gasteiger partial charge in [0.2, 0.25) is 5.91 Å². The largest absolute Gasteiger partial charge is 0.391 e. The highest BCUT2D eigenvalue weighted by Gasteiger charge is 2.25. The van der Waals surface area contributed by atoms with Gasteiger partial charge in [-0.3, -0.25) is 19.2 Å². The molecule has 3 amide bonds. The molecule has 3 aromatic carbocycles. The number of aliphatic hydroxyl groups is 1. The van der Waals surface area contributed by atoms with Gasteiger partial charge in [-0.25, -0.2) is 8.78 Å². The van der Waals surface area contributed by atoms with Gasteiger partial charge in [0.05, 0.1) is 12.1 Å². The van der Waals surface area contributed by atoms with Crippen LogP contribution in [0.1, 0.15) is 88.2 Å². The number of carbonyl (C=O) groups excluding carboxylic acids is 4. The maximum Gasteiger partial charge on any atom is 0.253 e. The fourth-order valence-electron chi connectivity index (χ4n) is 5.24. The van der Waals surface area contributed by atoms with Crippen LogP contribution >= 0.6 is 0 Å². The lowest BCUT2D eigenvalue weighted by Crippen LogP contribution is -2.46. The van der Waals surface area contributed by atoms with Gasteiger partial charge in [0.15, 0.2) is 5.78 Å². The van der Waals surface area contributed by atoms with E-state index in [1.54, 1.807) is 54.3 Å². The van der Waals surface area contributed by atoms with Crippen molar-refractivity contribution in [2.75, 3.05) is 19.6 Å². The summed E-state index contributed by atoms with van der Waals surface area (Å²) in [5.74, 6) is -2.88. The molecule has 46 heavy (non-hydrogen) atoms. The average molecular weight is 636 g/mol. The fraction of sp³-hybridized carbons (Fsp3) is 0.389. The Balaban J connectivity index is 1.70. The molecule has 3 aromatic rings. The van der Waals surface area contributed by atoms with Crippen molar-refractivity contribution in [1.82, 2.24) is 15.5 Å². The average Bonchev–Trinajstić information content (AvgIpc) is 3.02. The lowest BCUT2D eigenvalue weighted by atomic mass is 9.97. The smallest absolute Gasteiger partial charge is 0.253 e. The van der Waals surface area contributed by atoms with Gasteiger partial charge in [0.1, 0.15) is 11.6 Å². The van der Waals surface area contributed by atoms with E-state index in [1.165, 1.54) is 6.07 Å². The summed E-state index contributed by atoms with van der Waals surface area (Å²) >= 11 is 0. The van der Waals surface area contributed by atoms with E-state index in [2.05, 4.69) is 10.6 Å². The molecule has 3 rings (SSSR count). The Morgan fingerprint density at radius 2 is 1.46 bits per heavy atom. The molecule has 10 heteroatoms. The molecule has 0 radical (unpaired) electrons. The molecule has 0 fully saturated rings. The molecular formula is C36H43F2N3O5.